The molecule has 1 fully saturated rings. The number of nitrogens with one attached hydrogen (secondary N) is 1. The van der Waals surface area contributed by atoms with Gasteiger partial charge in [0.05, 0.1) is 23.5 Å². The summed E-state index contributed by atoms with van der Waals surface area (Å²) < 4.78 is 13.5. The van der Waals surface area contributed by atoms with Crippen LogP contribution in [0.5, 0.6) is 0 Å². The van der Waals surface area contributed by atoms with Gasteiger partial charge in [0.15, 0.2) is 0 Å². The van der Waals surface area contributed by atoms with Gasteiger partial charge >= 0.3 is 0 Å². The summed E-state index contributed by atoms with van der Waals surface area (Å²) in [6, 6.07) is 1.48. The van der Waals surface area contributed by atoms with E-state index in [0.717, 1.165) is 48.1 Å². The average Bonchev–Trinajstić information content (AvgIpc) is 3.24. The SMILES string of the molecule is O=C(CCc1nc2sc3c(c2c(=O)[nH]1)CCC3)N1CCCN(c2cncc(F)c2)CC1. The van der Waals surface area contributed by atoms with Gasteiger partial charge in [0.1, 0.15) is 16.5 Å². The van der Waals surface area contributed by atoms with Gasteiger partial charge in [0.25, 0.3) is 5.56 Å². The summed E-state index contributed by atoms with van der Waals surface area (Å²) >= 11 is 1.62. The molecule has 9 heteroatoms. The first-order chi connectivity index (χ1) is 15.1. The third kappa shape index (κ3) is 4.06. The average molecular weight is 442 g/mol. The lowest BCUT2D eigenvalue weighted by atomic mass is 10.2. The first-order valence-electron chi connectivity index (χ1n) is 10.8. The maximum absolute atomic E-state index is 13.5. The number of rotatable bonds is 4. The number of pyridine rings is 1. The van der Waals surface area contributed by atoms with Crippen molar-refractivity contribution in [1.29, 1.82) is 0 Å². The molecule has 0 unspecified atom stereocenters. The Bertz CT molecular complexity index is 1190. The Morgan fingerprint density at radius 2 is 2.06 bits per heavy atom. The minimum atomic E-state index is -0.357. The van der Waals surface area contributed by atoms with Crippen LogP contribution in [-0.4, -0.2) is 51.9 Å². The van der Waals surface area contributed by atoms with Crippen LogP contribution >= 0.6 is 11.3 Å². The van der Waals surface area contributed by atoms with Crippen molar-refractivity contribution in [1.82, 2.24) is 19.9 Å². The number of H-pyrrole nitrogens is 1. The lowest BCUT2D eigenvalue weighted by molar-refractivity contribution is -0.130. The number of halogens is 1. The maximum Gasteiger partial charge on any atom is 0.259 e. The molecule has 0 atom stereocenters. The topological polar surface area (TPSA) is 82.2 Å². The summed E-state index contributed by atoms with van der Waals surface area (Å²) in [5.74, 6) is 0.271. The number of aryl methyl sites for hydroxylation is 3. The first kappa shape index (κ1) is 20.1. The van der Waals surface area contributed by atoms with Gasteiger partial charge in [-0.2, -0.15) is 0 Å². The highest BCUT2D eigenvalue weighted by Gasteiger charge is 2.22. The van der Waals surface area contributed by atoms with E-state index in [1.807, 2.05) is 4.90 Å². The van der Waals surface area contributed by atoms with Crippen molar-refractivity contribution in [3.05, 3.63) is 50.9 Å². The zero-order valence-electron chi connectivity index (χ0n) is 17.2. The molecule has 1 N–H and O–H groups in total. The van der Waals surface area contributed by atoms with E-state index in [4.69, 9.17) is 0 Å². The predicted molar refractivity (Wildman–Crippen MR) is 118 cm³/mol. The Morgan fingerprint density at radius 1 is 1.16 bits per heavy atom. The van der Waals surface area contributed by atoms with Crippen LogP contribution < -0.4 is 10.5 Å². The summed E-state index contributed by atoms with van der Waals surface area (Å²) in [5.41, 5.74) is 1.83. The largest absolute Gasteiger partial charge is 0.368 e. The van der Waals surface area contributed by atoms with E-state index in [2.05, 4.69) is 19.9 Å². The molecule has 162 valence electrons. The number of aromatic amines is 1. The number of nitrogens with zero attached hydrogens (tertiary/aromatic N) is 4. The molecule has 2 aliphatic rings. The number of hydrogen-bond donors (Lipinski definition) is 1. The number of anilines is 1. The van der Waals surface area contributed by atoms with Gasteiger partial charge in [-0.3, -0.25) is 14.6 Å². The van der Waals surface area contributed by atoms with Gasteiger partial charge in [0, 0.05) is 50.0 Å². The molecule has 31 heavy (non-hydrogen) atoms. The highest BCUT2D eigenvalue weighted by molar-refractivity contribution is 7.18. The summed E-state index contributed by atoms with van der Waals surface area (Å²) in [6.45, 7) is 2.64. The van der Waals surface area contributed by atoms with E-state index in [-0.39, 0.29) is 17.3 Å². The summed E-state index contributed by atoms with van der Waals surface area (Å²) in [6.07, 6.45) is 7.47. The molecular formula is C22H24FN5O2S. The van der Waals surface area contributed by atoms with Crippen LogP contribution in [0.2, 0.25) is 0 Å². The number of carbonyl (C=O) groups excluding carboxylic acids is 1. The quantitative estimate of drug-likeness (QED) is 0.673. The number of fused-ring (bicyclic) bond motifs is 3. The van der Waals surface area contributed by atoms with Gasteiger partial charge < -0.3 is 14.8 Å². The molecule has 3 aromatic rings. The fourth-order valence-corrected chi connectivity index (χ4v) is 5.83. The van der Waals surface area contributed by atoms with Crippen LogP contribution in [0.1, 0.15) is 35.5 Å². The molecule has 0 saturated carbocycles. The standard InChI is InChI=1S/C22H24FN5O2S/c23-14-11-15(13-24-12-14)27-7-2-8-28(10-9-27)19(29)6-5-18-25-21(30)20-16-3-1-4-17(16)31-22(20)26-18/h11-13H,1-10H2,(H,25,26,30). The van der Waals surface area contributed by atoms with Crippen molar-refractivity contribution < 1.29 is 9.18 Å². The van der Waals surface area contributed by atoms with Gasteiger partial charge in [-0.05, 0) is 31.2 Å². The third-order valence-corrected chi connectivity index (χ3v) is 7.29. The molecule has 7 nitrogen and oxygen atoms in total. The fourth-order valence-electron chi connectivity index (χ4n) is 4.55. The molecule has 4 heterocycles. The fraction of sp³-hybridized carbons (Fsp3) is 0.455. The predicted octanol–water partition coefficient (Wildman–Crippen LogP) is 2.68. The normalized spacial score (nSPS) is 16.5. The second kappa shape index (κ2) is 8.37. The van der Waals surface area contributed by atoms with Crippen LogP contribution in [0.4, 0.5) is 10.1 Å². The highest BCUT2D eigenvalue weighted by atomic mass is 32.1. The molecule has 5 rings (SSSR count). The van der Waals surface area contributed by atoms with Crippen molar-refractivity contribution in [2.24, 2.45) is 0 Å². The van der Waals surface area contributed by atoms with E-state index < -0.39 is 0 Å². The maximum atomic E-state index is 13.5. The van der Waals surface area contributed by atoms with Crippen molar-refractivity contribution in [3.63, 3.8) is 0 Å². The van der Waals surface area contributed by atoms with E-state index in [1.54, 1.807) is 17.5 Å². The second-order valence-electron chi connectivity index (χ2n) is 8.13. The molecule has 1 saturated heterocycles. The van der Waals surface area contributed by atoms with Crippen molar-refractivity contribution in [2.45, 2.75) is 38.5 Å². The second-order valence-corrected chi connectivity index (χ2v) is 9.22. The van der Waals surface area contributed by atoms with E-state index in [9.17, 15) is 14.0 Å². The van der Waals surface area contributed by atoms with Gasteiger partial charge in [-0.15, -0.1) is 11.3 Å². The number of hydrogen-bond acceptors (Lipinski definition) is 6. The number of carbonyl (C=O) groups is 1. The zero-order valence-corrected chi connectivity index (χ0v) is 18.0. The van der Waals surface area contributed by atoms with Crippen LogP contribution in [0.15, 0.2) is 23.3 Å². The smallest absolute Gasteiger partial charge is 0.259 e. The van der Waals surface area contributed by atoms with Crippen molar-refractivity contribution in [3.8, 4) is 0 Å². The van der Waals surface area contributed by atoms with E-state index in [1.165, 1.54) is 22.7 Å². The monoisotopic (exact) mass is 441 g/mol. The molecule has 0 spiro atoms. The van der Waals surface area contributed by atoms with E-state index in [0.29, 0.717) is 38.3 Å². The summed E-state index contributed by atoms with van der Waals surface area (Å²) in [7, 11) is 0. The van der Waals surface area contributed by atoms with Crippen molar-refractivity contribution >= 4 is 33.1 Å². The molecule has 3 aromatic heterocycles. The molecule has 1 aliphatic carbocycles. The Balaban J connectivity index is 1.22. The number of thiophene rings is 1. The molecule has 0 bridgehead atoms. The molecule has 0 radical (unpaired) electrons. The minimum Gasteiger partial charge on any atom is -0.368 e. The molecular weight excluding hydrogens is 417 g/mol. The summed E-state index contributed by atoms with van der Waals surface area (Å²) in [4.78, 5) is 42.8. The molecule has 1 amide bonds. The van der Waals surface area contributed by atoms with Gasteiger partial charge in [-0.1, -0.05) is 0 Å². The van der Waals surface area contributed by atoms with Gasteiger partial charge in [-0.25, -0.2) is 9.37 Å². The van der Waals surface area contributed by atoms with E-state index >= 15 is 0 Å². The molecule has 0 aromatic carbocycles. The number of aromatic nitrogens is 3. The van der Waals surface area contributed by atoms with Crippen molar-refractivity contribution in [2.75, 3.05) is 31.1 Å². The Morgan fingerprint density at radius 3 is 2.94 bits per heavy atom. The highest BCUT2D eigenvalue weighted by Crippen LogP contribution is 2.34. The summed E-state index contributed by atoms with van der Waals surface area (Å²) in [5, 5.41) is 0.743. The van der Waals surface area contributed by atoms with Crippen LogP contribution in [0.3, 0.4) is 0 Å². The van der Waals surface area contributed by atoms with Gasteiger partial charge in [0.2, 0.25) is 5.91 Å². The minimum absolute atomic E-state index is 0.0515. The van der Waals surface area contributed by atoms with Crippen LogP contribution in [0.25, 0.3) is 10.2 Å². The lowest BCUT2D eigenvalue weighted by Gasteiger charge is -2.23. The van der Waals surface area contributed by atoms with Crippen LogP contribution in [0, 0.1) is 5.82 Å². The first-order valence-corrected chi connectivity index (χ1v) is 11.6. The number of amides is 1. The Hall–Kier alpha value is -2.81. The lowest BCUT2D eigenvalue weighted by Crippen LogP contribution is -2.35. The Labute approximate surface area is 182 Å². The zero-order chi connectivity index (χ0) is 21.4. The Kier molecular flexibility index (Phi) is 5.43. The molecule has 1 aliphatic heterocycles. The van der Waals surface area contributed by atoms with Crippen LogP contribution in [-0.2, 0) is 24.1 Å². The third-order valence-electron chi connectivity index (χ3n) is 6.10.